The van der Waals surface area contributed by atoms with Crippen LogP contribution in [0.5, 0.6) is 11.5 Å². The molecule has 0 fully saturated rings. The first-order valence-corrected chi connectivity index (χ1v) is 7.87. The summed E-state index contributed by atoms with van der Waals surface area (Å²) in [5, 5.41) is 5.73. The van der Waals surface area contributed by atoms with Crippen LogP contribution in [0.4, 0.5) is 0 Å². The zero-order valence-electron chi connectivity index (χ0n) is 9.75. The zero-order valence-corrected chi connectivity index (χ0v) is 12.9. The van der Waals surface area contributed by atoms with E-state index in [0.717, 1.165) is 11.3 Å². The van der Waals surface area contributed by atoms with Crippen LogP contribution in [0.15, 0.2) is 16.3 Å². The number of primary sulfonamides is 1. The third kappa shape index (κ3) is 2.93. The van der Waals surface area contributed by atoms with E-state index in [1.54, 1.807) is 6.92 Å². The second kappa shape index (κ2) is 5.90. The van der Waals surface area contributed by atoms with Gasteiger partial charge in [0, 0.05) is 16.2 Å². The van der Waals surface area contributed by atoms with Gasteiger partial charge in [0.1, 0.15) is 27.9 Å². The lowest BCUT2D eigenvalue weighted by Crippen LogP contribution is -2.11. The molecule has 0 aliphatic heterocycles. The van der Waals surface area contributed by atoms with E-state index in [1.807, 2.05) is 0 Å². The van der Waals surface area contributed by atoms with Gasteiger partial charge in [0.05, 0.1) is 0 Å². The smallest absolute Gasteiger partial charge is 0.247 e. The molecule has 1 aromatic heterocycles. The molecule has 0 amide bonds. The monoisotopic (exact) mass is 359 g/mol. The molecule has 0 saturated carbocycles. The van der Waals surface area contributed by atoms with Gasteiger partial charge in [-0.1, -0.05) is 8.88 Å². The minimum Gasteiger partial charge on any atom is -0.316 e. The van der Waals surface area contributed by atoms with E-state index in [-0.39, 0.29) is 15.7 Å². The molecule has 0 atom stereocenters. The van der Waals surface area contributed by atoms with E-state index < -0.39 is 10.0 Å². The van der Waals surface area contributed by atoms with Gasteiger partial charge in [0.2, 0.25) is 21.5 Å². The fraction of sp³-hybridized carbons (Fsp3) is 0.111. The van der Waals surface area contributed by atoms with E-state index >= 15 is 0 Å². The SMILES string of the molecule is Cc1c(S(N)(=O)=O)sc2cc(OOCl)c(OOCl)cc12. The molecular formula is C9H7Cl2NO6S2. The van der Waals surface area contributed by atoms with Crippen LogP contribution in [0, 0.1) is 6.92 Å². The highest BCUT2D eigenvalue weighted by Crippen LogP contribution is 2.40. The minimum absolute atomic E-state index is 0.0363. The number of halogens is 2. The standard InChI is InChI=1S/C9H7Cl2NO6S2/c1-4-5-2-6(15-17-10)7(16-18-11)3-8(5)19-9(4)20(12,13)14/h2-3H,1H3,(H2,12,13,14). The zero-order chi connectivity index (χ0) is 14.9. The van der Waals surface area contributed by atoms with Gasteiger partial charge >= 0.3 is 0 Å². The first-order valence-electron chi connectivity index (χ1n) is 4.89. The summed E-state index contributed by atoms with van der Waals surface area (Å²) >= 11 is 11.0. The summed E-state index contributed by atoms with van der Waals surface area (Å²) in [4.78, 5) is 9.33. The van der Waals surface area contributed by atoms with Gasteiger partial charge in [-0.3, -0.25) is 0 Å². The van der Waals surface area contributed by atoms with Crippen molar-refractivity contribution < 1.29 is 27.1 Å². The van der Waals surface area contributed by atoms with Crippen molar-refractivity contribution in [2.45, 2.75) is 11.1 Å². The molecule has 1 aromatic carbocycles. The molecule has 0 aliphatic carbocycles. The number of rotatable bonds is 5. The van der Waals surface area contributed by atoms with Crippen LogP contribution in [-0.4, -0.2) is 8.42 Å². The third-order valence-electron chi connectivity index (χ3n) is 2.46. The molecule has 11 heteroatoms. The van der Waals surface area contributed by atoms with Crippen LogP contribution >= 0.6 is 35.1 Å². The fourth-order valence-corrected chi connectivity index (χ4v) is 4.03. The van der Waals surface area contributed by atoms with E-state index in [4.69, 9.17) is 28.9 Å². The predicted molar refractivity (Wildman–Crippen MR) is 73.1 cm³/mol. The predicted octanol–water partition coefficient (Wildman–Crippen LogP) is 2.79. The molecule has 0 aliphatic rings. The molecule has 0 unspecified atom stereocenters. The Morgan fingerprint density at radius 2 is 1.70 bits per heavy atom. The Balaban J connectivity index is 2.70. The van der Waals surface area contributed by atoms with Crippen molar-refractivity contribution in [3.8, 4) is 11.5 Å². The maximum Gasteiger partial charge on any atom is 0.247 e. The lowest BCUT2D eigenvalue weighted by Gasteiger charge is -2.05. The van der Waals surface area contributed by atoms with Crippen molar-refractivity contribution in [3.63, 3.8) is 0 Å². The molecule has 20 heavy (non-hydrogen) atoms. The highest BCUT2D eigenvalue weighted by atomic mass is 35.5. The Morgan fingerprint density at radius 1 is 1.15 bits per heavy atom. The highest BCUT2D eigenvalue weighted by molar-refractivity contribution is 7.91. The normalized spacial score (nSPS) is 11.8. The van der Waals surface area contributed by atoms with Gasteiger partial charge in [-0.2, -0.15) is 0 Å². The first kappa shape index (κ1) is 15.6. The Morgan fingerprint density at radius 3 is 2.20 bits per heavy atom. The first-order chi connectivity index (χ1) is 9.38. The third-order valence-corrected chi connectivity index (χ3v) is 5.40. The second-order valence-electron chi connectivity index (χ2n) is 3.65. The largest absolute Gasteiger partial charge is 0.316 e. The van der Waals surface area contributed by atoms with Gasteiger partial charge in [-0.25, -0.2) is 13.6 Å². The van der Waals surface area contributed by atoms with E-state index in [2.05, 4.69) is 18.7 Å². The van der Waals surface area contributed by atoms with Crippen molar-refractivity contribution >= 4 is 55.2 Å². The number of thiophene rings is 1. The summed E-state index contributed by atoms with van der Waals surface area (Å²) in [6, 6.07) is 2.92. The molecule has 0 spiro atoms. The average molecular weight is 360 g/mol. The summed E-state index contributed by atoms with van der Waals surface area (Å²) in [6.45, 7) is 1.61. The summed E-state index contributed by atoms with van der Waals surface area (Å²) in [6.07, 6.45) is 0. The molecule has 2 N–H and O–H groups in total. The fourth-order valence-electron chi connectivity index (χ4n) is 1.67. The van der Waals surface area contributed by atoms with Crippen LogP contribution in [-0.2, 0) is 18.9 Å². The number of fused-ring (bicyclic) bond motifs is 1. The molecule has 2 rings (SSSR count). The maximum absolute atomic E-state index is 11.5. The lowest BCUT2D eigenvalue weighted by molar-refractivity contribution is -0.120. The van der Waals surface area contributed by atoms with Crippen molar-refractivity contribution in [3.05, 3.63) is 17.7 Å². The number of nitrogens with two attached hydrogens (primary N) is 1. The molecule has 0 saturated heterocycles. The van der Waals surface area contributed by atoms with Crippen LogP contribution in [0.1, 0.15) is 5.56 Å². The molecule has 7 nitrogen and oxygen atoms in total. The molecular weight excluding hydrogens is 353 g/mol. The van der Waals surface area contributed by atoms with E-state index in [0.29, 0.717) is 15.6 Å². The Hall–Kier alpha value is -0.810. The van der Waals surface area contributed by atoms with Crippen molar-refractivity contribution in [2.24, 2.45) is 5.14 Å². The summed E-state index contributed by atoms with van der Waals surface area (Å²) in [5.74, 6) is 0.102. The van der Waals surface area contributed by atoms with E-state index in [1.165, 1.54) is 12.1 Å². The topological polar surface area (TPSA) is 97.1 Å². The minimum atomic E-state index is -3.82. The van der Waals surface area contributed by atoms with Crippen molar-refractivity contribution in [2.75, 3.05) is 0 Å². The number of aryl methyl sites for hydroxylation is 1. The number of hydrogen-bond acceptors (Lipinski definition) is 7. The quantitative estimate of drug-likeness (QED) is 0.651. The highest BCUT2D eigenvalue weighted by Gasteiger charge is 2.21. The Labute approximate surface area is 127 Å². The molecule has 0 radical (unpaired) electrons. The summed E-state index contributed by atoms with van der Waals surface area (Å²) < 4.78 is 31.6. The van der Waals surface area contributed by atoms with Crippen LogP contribution in [0.3, 0.4) is 0 Å². The van der Waals surface area contributed by atoms with Gasteiger partial charge in [0.15, 0.2) is 0 Å². The number of hydrogen-bond donors (Lipinski definition) is 1. The van der Waals surface area contributed by atoms with Crippen LogP contribution in [0.2, 0.25) is 0 Å². The Kier molecular flexibility index (Phi) is 4.59. The summed E-state index contributed by atoms with van der Waals surface area (Å²) in [7, 11) is -3.82. The van der Waals surface area contributed by atoms with Gasteiger partial charge in [-0.05, 0) is 18.6 Å². The van der Waals surface area contributed by atoms with Crippen molar-refractivity contribution in [1.29, 1.82) is 0 Å². The number of sulfonamides is 1. The van der Waals surface area contributed by atoms with Gasteiger partial charge in [0.25, 0.3) is 0 Å². The van der Waals surface area contributed by atoms with Crippen LogP contribution in [0.25, 0.3) is 10.1 Å². The second-order valence-corrected chi connectivity index (χ2v) is 6.71. The van der Waals surface area contributed by atoms with Crippen LogP contribution < -0.4 is 14.9 Å². The number of benzene rings is 1. The molecule has 1 heterocycles. The Bertz CT molecular complexity index is 744. The van der Waals surface area contributed by atoms with Gasteiger partial charge < -0.3 is 9.78 Å². The molecule has 2 aromatic rings. The van der Waals surface area contributed by atoms with E-state index in [9.17, 15) is 8.42 Å². The maximum atomic E-state index is 11.5. The lowest BCUT2D eigenvalue weighted by atomic mass is 10.2. The van der Waals surface area contributed by atoms with Gasteiger partial charge in [-0.15, -0.1) is 11.3 Å². The molecule has 110 valence electrons. The molecule has 0 bridgehead atoms. The summed E-state index contributed by atoms with van der Waals surface area (Å²) in [5.41, 5.74) is 0.477. The van der Waals surface area contributed by atoms with Crippen molar-refractivity contribution in [1.82, 2.24) is 0 Å². The average Bonchev–Trinajstić information content (AvgIpc) is 2.68.